The number of nitrogens with one attached hydrogen (secondary N) is 1. The number of amides is 1. The lowest BCUT2D eigenvalue weighted by Gasteiger charge is -2.08. The van der Waals surface area contributed by atoms with Gasteiger partial charge in [-0.25, -0.2) is 0 Å². The van der Waals surface area contributed by atoms with Gasteiger partial charge in [-0.2, -0.15) is 0 Å². The van der Waals surface area contributed by atoms with Gasteiger partial charge >= 0.3 is 0 Å². The summed E-state index contributed by atoms with van der Waals surface area (Å²) in [6.45, 7) is 2.05. The van der Waals surface area contributed by atoms with Crippen LogP contribution in [0.2, 0.25) is 5.02 Å². The molecular weight excluding hydrogens is 310 g/mol. The topological polar surface area (TPSA) is 42.2 Å². The van der Waals surface area contributed by atoms with E-state index in [0.29, 0.717) is 10.8 Å². The van der Waals surface area contributed by atoms with Gasteiger partial charge < -0.3 is 9.73 Å². The number of hydrogen-bond donors (Lipinski definition) is 1. The Morgan fingerprint density at radius 3 is 2.57 bits per heavy atom. The van der Waals surface area contributed by atoms with E-state index < -0.39 is 0 Å². The van der Waals surface area contributed by atoms with E-state index in [2.05, 4.69) is 5.32 Å². The fourth-order valence-electron chi connectivity index (χ4n) is 2.40. The van der Waals surface area contributed by atoms with Crippen molar-refractivity contribution in [3.05, 3.63) is 77.0 Å². The SMILES string of the molecule is CCc1ccccc1NC(=O)c1ccc(-c2ccccc2Cl)o1. The van der Waals surface area contributed by atoms with E-state index in [1.54, 1.807) is 18.2 Å². The second kappa shape index (κ2) is 6.71. The van der Waals surface area contributed by atoms with E-state index in [-0.39, 0.29) is 11.7 Å². The lowest BCUT2D eigenvalue weighted by atomic mass is 10.1. The first-order valence-corrected chi connectivity index (χ1v) is 7.81. The van der Waals surface area contributed by atoms with Crippen LogP contribution >= 0.6 is 11.6 Å². The highest BCUT2D eigenvalue weighted by atomic mass is 35.5. The minimum atomic E-state index is -0.274. The molecule has 23 heavy (non-hydrogen) atoms. The van der Waals surface area contributed by atoms with Crippen LogP contribution in [0.1, 0.15) is 23.0 Å². The van der Waals surface area contributed by atoms with Gasteiger partial charge in [-0.05, 0) is 42.3 Å². The van der Waals surface area contributed by atoms with Crippen molar-refractivity contribution in [3.8, 4) is 11.3 Å². The Bertz CT molecular complexity index is 839. The normalized spacial score (nSPS) is 10.5. The average Bonchev–Trinajstić information content (AvgIpc) is 3.05. The zero-order valence-corrected chi connectivity index (χ0v) is 13.4. The first-order valence-electron chi connectivity index (χ1n) is 7.43. The van der Waals surface area contributed by atoms with Crippen molar-refractivity contribution in [1.82, 2.24) is 0 Å². The lowest BCUT2D eigenvalue weighted by molar-refractivity contribution is 0.0997. The predicted molar refractivity (Wildman–Crippen MR) is 92.9 cm³/mol. The first-order chi connectivity index (χ1) is 11.2. The maximum absolute atomic E-state index is 12.4. The van der Waals surface area contributed by atoms with Crippen LogP contribution in [0, 0.1) is 0 Å². The summed E-state index contributed by atoms with van der Waals surface area (Å²) < 4.78 is 5.66. The van der Waals surface area contributed by atoms with Gasteiger partial charge in [0.25, 0.3) is 5.91 Å². The number of halogens is 1. The Hall–Kier alpha value is -2.52. The van der Waals surface area contributed by atoms with E-state index in [4.69, 9.17) is 16.0 Å². The number of carbonyl (C=O) groups excluding carboxylic acids is 1. The summed E-state index contributed by atoms with van der Waals surface area (Å²) in [4.78, 5) is 12.4. The Morgan fingerprint density at radius 2 is 1.78 bits per heavy atom. The Morgan fingerprint density at radius 1 is 1.04 bits per heavy atom. The van der Waals surface area contributed by atoms with Crippen molar-refractivity contribution in [2.45, 2.75) is 13.3 Å². The second-order valence-corrected chi connectivity index (χ2v) is 5.52. The summed E-state index contributed by atoms with van der Waals surface area (Å²) in [6, 6.07) is 18.5. The van der Waals surface area contributed by atoms with Crippen LogP contribution in [0.4, 0.5) is 5.69 Å². The average molecular weight is 326 g/mol. The molecule has 0 aliphatic heterocycles. The Balaban J connectivity index is 1.83. The highest BCUT2D eigenvalue weighted by Crippen LogP contribution is 2.29. The smallest absolute Gasteiger partial charge is 0.291 e. The number of hydrogen-bond acceptors (Lipinski definition) is 2. The largest absolute Gasteiger partial charge is 0.451 e. The minimum Gasteiger partial charge on any atom is -0.451 e. The molecule has 0 unspecified atom stereocenters. The monoisotopic (exact) mass is 325 g/mol. The minimum absolute atomic E-state index is 0.255. The van der Waals surface area contributed by atoms with Crippen LogP contribution in [-0.4, -0.2) is 5.91 Å². The molecule has 0 bridgehead atoms. The molecule has 0 saturated carbocycles. The highest BCUT2D eigenvalue weighted by Gasteiger charge is 2.14. The Labute approximate surface area is 139 Å². The molecule has 2 aromatic carbocycles. The molecule has 4 heteroatoms. The third-order valence-corrected chi connectivity index (χ3v) is 3.95. The van der Waals surface area contributed by atoms with Gasteiger partial charge in [0.2, 0.25) is 0 Å². The second-order valence-electron chi connectivity index (χ2n) is 5.11. The van der Waals surface area contributed by atoms with E-state index in [1.165, 1.54) is 0 Å². The van der Waals surface area contributed by atoms with E-state index >= 15 is 0 Å². The van der Waals surface area contributed by atoms with Crippen LogP contribution in [0.15, 0.2) is 65.1 Å². The molecule has 0 spiro atoms. The molecule has 1 N–H and O–H groups in total. The molecule has 0 saturated heterocycles. The molecule has 1 aromatic heterocycles. The molecule has 0 aliphatic carbocycles. The van der Waals surface area contributed by atoms with Crippen molar-refractivity contribution in [2.75, 3.05) is 5.32 Å². The number of rotatable bonds is 4. The fourth-order valence-corrected chi connectivity index (χ4v) is 2.63. The lowest BCUT2D eigenvalue weighted by Crippen LogP contribution is -2.12. The zero-order chi connectivity index (χ0) is 16.2. The van der Waals surface area contributed by atoms with Crippen LogP contribution < -0.4 is 5.32 Å². The predicted octanol–water partition coefficient (Wildman–Crippen LogP) is 5.41. The molecule has 3 nitrogen and oxygen atoms in total. The molecule has 3 rings (SSSR count). The maximum Gasteiger partial charge on any atom is 0.291 e. The summed E-state index contributed by atoms with van der Waals surface area (Å²) in [5, 5.41) is 3.48. The number of furan rings is 1. The van der Waals surface area contributed by atoms with Gasteiger partial charge in [-0.15, -0.1) is 0 Å². The summed E-state index contributed by atoms with van der Waals surface area (Å²) in [6.07, 6.45) is 0.847. The molecule has 0 fully saturated rings. The van der Waals surface area contributed by atoms with Crippen molar-refractivity contribution in [2.24, 2.45) is 0 Å². The number of aryl methyl sites for hydroxylation is 1. The van der Waals surface area contributed by atoms with Crippen LogP contribution in [0.25, 0.3) is 11.3 Å². The highest BCUT2D eigenvalue weighted by molar-refractivity contribution is 6.33. The quantitative estimate of drug-likeness (QED) is 0.696. The summed E-state index contributed by atoms with van der Waals surface area (Å²) in [5.41, 5.74) is 2.65. The van der Waals surface area contributed by atoms with Crippen LogP contribution in [0.5, 0.6) is 0 Å². The summed E-state index contributed by atoms with van der Waals surface area (Å²) >= 11 is 6.16. The van der Waals surface area contributed by atoms with Crippen molar-refractivity contribution >= 4 is 23.2 Å². The zero-order valence-electron chi connectivity index (χ0n) is 12.7. The van der Waals surface area contributed by atoms with E-state index in [0.717, 1.165) is 23.2 Å². The first kappa shape index (κ1) is 15.4. The van der Waals surface area contributed by atoms with Crippen LogP contribution in [-0.2, 0) is 6.42 Å². The number of anilines is 1. The number of carbonyl (C=O) groups is 1. The van der Waals surface area contributed by atoms with Crippen molar-refractivity contribution in [3.63, 3.8) is 0 Å². The maximum atomic E-state index is 12.4. The third kappa shape index (κ3) is 3.30. The van der Waals surface area contributed by atoms with Gasteiger partial charge in [0, 0.05) is 11.3 Å². The summed E-state index contributed by atoms with van der Waals surface area (Å²) in [5.74, 6) is 0.555. The molecule has 1 heterocycles. The molecule has 1 amide bonds. The van der Waals surface area contributed by atoms with Crippen molar-refractivity contribution in [1.29, 1.82) is 0 Å². The number of para-hydroxylation sites is 1. The van der Waals surface area contributed by atoms with Gasteiger partial charge in [-0.1, -0.05) is 48.9 Å². The molecule has 3 aromatic rings. The van der Waals surface area contributed by atoms with E-state index in [1.807, 2.05) is 49.4 Å². The van der Waals surface area contributed by atoms with Gasteiger partial charge in [-0.3, -0.25) is 4.79 Å². The molecule has 0 atom stereocenters. The van der Waals surface area contributed by atoms with Gasteiger partial charge in [0.15, 0.2) is 5.76 Å². The molecule has 116 valence electrons. The van der Waals surface area contributed by atoms with Gasteiger partial charge in [0.05, 0.1) is 5.02 Å². The third-order valence-electron chi connectivity index (χ3n) is 3.62. The molecular formula is C19H16ClNO2. The standard InChI is InChI=1S/C19H16ClNO2/c1-2-13-7-3-6-10-16(13)21-19(22)18-12-11-17(23-18)14-8-4-5-9-15(14)20/h3-12H,2H2,1H3,(H,21,22). The summed E-state index contributed by atoms with van der Waals surface area (Å²) in [7, 11) is 0. The van der Waals surface area contributed by atoms with E-state index in [9.17, 15) is 4.79 Å². The fraction of sp³-hybridized carbons (Fsp3) is 0.105. The van der Waals surface area contributed by atoms with Crippen molar-refractivity contribution < 1.29 is 9.21 Å². The molecule has 0 aliphatic rings. The number of benzene rings is 2. The van der Waals surface area contributed by atoms with Gasteiger partial charge in [0.1, 0.15) is 5.76 Å². The Kier molecular flexibility index (Phi) is 4.49. The van der Waals surface area contributed by atoms with Crippen LogP contribution in [0.3, 0.4) is 0 Å². The molecule has 0 radical (unpaired) electrons.